The number of rotatable bonds is 3. The molecule has 156 valence electrons. The number of pyridine rings is 2. The van der Waals surface area contributed by atoms with Gasteiger partial charge in [0.1, 0.15) is 0 Å². The Kier molecular flexibility index (Phi) is 6.05. The van der Waals surface area contributed by atoms with Gasteiger partial charge in [0, 0.05) is 41.8 Å². The van der Waals surface area contributed by atoms with Gasteiger partial charge in [0.25, 0.3) is 5.56 Å². The number of imide groups is 1. The molecule has 2 N–H and O–H groups in total. The highest BCUT2D eigenvalue weighted by atomic mass is 16.2. The zero-order valence-corrected chi connectivity index (χ0v) is 17.8. The quantitative estimate of drug-likeness (QED) is 0.831. The third-order valence-corrected chi connectivity index (χ3v) is 5.96. The van der Waals surface area contributed by atoms with Gasteiger partial charge in [-0.2, -0.15) is 0 Å². The predicted octanol–water partition coefficient (Wildman–Crippen LogP) is 3.00. The highest BCUT2D eigenvalue weighted by Crippen LogP contribution is 2.37. The van der Waals surface area contributed by atoms with Gasteiger partial charge in [0.05, 0.1) is 5.52 Å². The van der Waals surface area contributed by atoms with E-state index in [1.807, 2.05) is 25.3 Å². The van der Waals surface area contributed by atoms with Crippen molar-refractivity contribution in [1.82, 2.24) is 20.2 Å². The Bertz CT molecular complexity index is 995. The Morgan fingerprint density at radius 1 is 1.24 bits per heavy atom. The topological polar surface area (TPSA) is 93.1 Å². The minimum absolute atomic E-state index is 0.0000343. The molecule has 7 heteroatoms. The van der Waals surface area contributed by atoms with Gasteiger partial charge in [0.2, 0.25) is 5.91 Å². The molecule has 3 unspecified atom stereocenters. The first kappa shape index (κ1) is 21.0. The Balaban J connectivity index is 1.83. The fourth-order valence-corrected chi connectivity index (χ4v) is 4.12. The van der Waals surface area contributed by atoms with Gasteiger partial charge in [0.15, 0.2) is 0 Å². The second-order valence-corrected chi connectivity index (χ2v) is 8.56. The first-order valence-corrected chi connectivity index (χ1v) is 10.2. The molecule has 3 atom stereocenters. The lowest BCUT2D eigenvalue weighted by Crippen LogP contribution is -2.48. The van der Waals surface area contributed by atoms with E-state index in [1.165, 1.54) is 0 Å². The van der Waals surface area contributed by atoms with Crippen molar-refractivity contribution in [1.29, 1.82) is 0 Å². The molecule has 29 heavy (non-hydrogen) atoms. The average molecular weight is 399 g/mol. The van der Waals surface area contributed by atoms with Gasteiger partial charge in [-0.05, 0) is 50.2 Å². The van der Waals surface area contributed by atoms with Gasteiger partial charge in [-0.25, -0.2) is 4.79 Å². The van der Waals surface area contributed by atoms with E-state index in [1.54, 1.807) is 25.5 Å². The Morgan fingerprint density at radius 2 is 1.97 bits per heavy atom. The van der Waals surface area contributed by atoms with Crippen LogP contribution in [-0.2, 0) is 11.8 Å². The van der Waals surface area contributed by atoms with Crippen LogP contribution in [0.3, 0.4) is 0 Å². The van der Waals surface area contributed by atoms with Crippen molar-refractivity contribution in [2.45, 2.75) is 58.9 Å². The van der Waals surface area contributed by atoms with Crippen molar-refractivity contribution >= 4 is 22.8 Å². The minimum Gasteiger partial charge on any atom is -0.335 e. The predicted molar refractivity (Wildman–Crippen MR) is 113 cm³/mol. The van der Waals surface area contributed by atoms with Gasteiger partial charge in [-0.1, -0.05) is 20.8 Å². The number of carbonyl (C=O) groups is 2. The molecule has 7 nitrogen and oxygen atoms in total. The van der Waals surface area contributed by atoms with Crippen molar-refractivity contribution in [3.8, 4) is 0 Å². The fourth-order valence-electron chi connectivity index (χ4n) is 4.12. The van der Waals surface area contributed by atoms with Crippen LogP contribution < -0.4 is 16.2 Å². The van der Waals surface area contributed by atoms with E-state index in [0.717, 1.165) is 35.0 Å². The molecule has 1 saturated carbocycles. The third kappa shape index (κ3) is 4.49. The monoisotopic (exact) mass is 398 g/mol. The van der Waals surface area contributed by atoms with Crippen molar-refractivity contribution in [3.05, 3.63) is 39.9 Å². The zero-order chi connectivity index (χ0) is 21.3. The Morgan fingerprint density at radius 3 is 2.66 bits per heavy atom. The molecule has 0 bridgehead atoms. The second-order valence-electron chi connectivity index (χ2n) is 8.56. The standard InChI is InChI=1S/C22H30N4O3/c1-12(2)20(27)25-22(29)24-16-7-6-13(3)17(10-16)18-9-15-11-23-14(4)8-19(15)26(5)21(18)28/h8-9,11-13,16-17H,6-7,10H2,1-5H3,(H2,24,25,27,29). The number of nitrogens with zero attached hydrogens (tertiary/aromatic N) is 2. The Labute approximate surface area is 170 Å². The number of fused-ring (bicyclic) bond motifs is 1. The second kappa shape index (κ2) is 8.35. The van der Waals surface area contributed by atoms with E-state index >= 15 is 0 Å². The first-order chi connectivity index (χ1) is 13.7. The third-order valence-electron chi connectivity index (χ3n) is 5.96. The molecular formula is C22H30N4O3. The maximum Gasteiger partial charge on any atom is 0.321 e. The van der Waals surface area contributed by atoms with E-state index in [9.17, 15) is 14.4 Å². The van der Waals surface area contributed by atoms with E-state index < -0.39 is 6.03 Å². The molecule has 0 aromatic carbocycles. The smallest absolute Gasteiger partial charge is 0.321 e. The lowest BCUT2D eigenvalue weighted by atomic mass is 9.74. The summed E-state index contributed by atoms with van der Waals surface area (Å²) in [4.78, 5) is 41.4. The van der Waals surface area contributed by atoms with Crippen LogP contribution in [0, 0.1) is 18.8 Å². The molecule has 3 rings (SSSR count). The van der Waals surface area contributed by atoms with Crippen LogP contribution in [-0.4, -0.2) is 27.5 Å². The number of urea groups is 1. The molecular weight excluding hydrogens is 368 g/mol. The van der Waals surface area contributed by atoms with Crippen LogP contribution in [0.1, 0.15) is 57.2 Å². The van der Waals surface area contributed by atoms with Crippen LogP contribution in [0.25, 0.3) is 10.9 Å². The number of hydrogen-bond donors (Lipinski definition) is 2. The molecule has 1 aliphatic rings. The number of aryl methyl sites for hydroxylation is 2. The van der Waals surface area contributed by atoms with Crippen molar-refractivity contribution in [2.75, 3.05) is 0 Å². The number of aromatic nitrogens is 2. The highest BCUT2D eigenvalue weighted by Gasteiger charge is 2.32. The lowest BCUT2D eigenvalue weighted by molar-refractivity contribution is -0.122. The normalized spacial score (nSPS) is 21.9. The summed E-state index contributed by atoms with van der Waals surface area (Å²) in [7, 11) is 1.79. The largest absolute Gasteiger partial charge is 0.335 e. The summed E-state index contributed by atoms with van der Waals surface area (Å²) in [6.45, 7) is 7.55. The van der Waals surface area contributed by atoms with Gasteiger partial charge in [-0.3, -0.25) is 19.9 Å². The first-order valence-electron chi connectivity index (χ1n) is 10.2. The van der Waals surface area contributed by atoms with Gasteiger partial charge >= 0.3 is 6.03 Å². The van der Waals surface area contributed by atoms with Crippen LogP contribution in [0.4, 0.5) is 4.79 Å². The van der Waals surface area contributed by atoms with Crippen molar-refractivity contribution in [3.63, 3.8) is 0 Å². The summed E-state index contributed by atoms with van der Waals surface area (Å²) in [5.41, 5.74) is 2.51. The molecule has 2 aromatic heterocycles. The number of amides is 3. The SMILES string of the molecule is Cc1cc2c(cn1)cc(C1CC(NC(=O)NC(=O)C(C)C)CCC1C)c(=O)n2C. The number of nitrogens with one attached hydrogen (secondary N) is 2. The fraction of sp³-hybridized carbons (Fsp3) is 0.545. The maximum atomic E-state index is 13.1. The van der Waals surface area contributed by atoms with E-state index in [0.29, 0.717) is 12.3 Å². The molecule has 0 saturated heterocycles. The summed E-state index contributed by atoms with van der Waals surface area (Å²) >= 11 is 0. The van der Waals surface area contributed by atoms with Gasteiger partial charge < -0.3 is 9.88 Å². The average Bonchev–Trinajstić information content (AvgIpc) is 2.66. The lowest BCUT2D eigenvalue weighted by Gasteiger charge is -2.35. The number of carbonyl (C=O) groups excluding carboxylic acids is 2. The van der Waals surface area contributed by atoms with E-state index in [-0.39, 0.29) is 29.3 Å². The number of hydrogen-bond acceptors (Lipinski definition) is 4. The molecule has 2 aromatic rings. The maximum absolute atomic E-state index is 13.1. The van der Waals surface area contributed by atoms with Crippen LogP contribution >= 0.6 is 0 Å². The summed E-state index contributed by atoms with van der Waals surface area (Å²) in [6.07, 6.45) is 4.21. The highest BCUT2D eigenvalue weighted by molar-refractivity contribution is 5.95. The van der Waals surface area contributed by atoms with Crippen LogP contribution in [0.15, 0.2) is 23.1 Å². The molecule has 0 aliphatic heterocycles. The molecule has 3 amide bonds. The minimum atomic E-state index is -0.465. The Hall–Kier alpha value is -2.70. The van der Waals surface area contributed by atoms with Crippen molar-refractivity contribution < 1.29 is 9.59 Å². The summed E-state index contributed by atoms with van der Waals surface area (Å²) < 4.78 is 1.69. The summed E-state index contributed by atoms with van der Waals surface area (Å²) in [5, 5.41) is 6.23. The molecule has 1 fully saturated rings. The summed E-state index contributed by atoms with van der Waals surface area (Å²) in [6, 6.07) is 3.34. The van der Waals surface area contributed by atoms with E-state index in [4.69, 9.17) is 0 Å². The summed E-state index contributed by atoms with van der Waals surface area (Å²) in [5.74, 6) is -0.177. The molecule has 0 radical (unpaired) electrons. The molecule has 2 heterocycles. The van der Waals surface area contributed by atoms with E-state index in [2.05, 4.69) is 22.5 Å². The van der Waals surface area contributed by atoms with Crippen molar-refractivity contribution in [2.24, 2.45) is 18.9 Å². The van der Waals surface area contributed by atoms with Gasteiger partial charge in [-0.15, -0.1) is 0 Å². The zero-order valence-electron chi connectivity index (χ0n) is 17.8. The molecule has 0 spiro atoms. The molecule has 1 aliphatic carbocycles. The van der Waals surface area contributed by atoms with Crippen LogP contribution in [0.2, 0.25) is 0 Å². The van der Waals surface area contributed by atoms with Crippen LogP contribution in [0.5, 0.6) is 0 Å².